The van der Waals surface area contributed by atoms with E-state index in [1.165, 1.54) is 12.3 Å². The fraction of sp³-hybridized carbons (Fsp3) is 0. The largest absolute Gasteiger partial charge is 0.456 e. The summed E-state index contributed by atoms with van der Waals surface area (Å²) in [5.74, 6) is 0.936. The topological polar surface area (TPSA) is 71.9 Å². The quantitative estimate of drug-likeness (QED) is 0.826. The Bertz CT molecular complexity index is 593. The number of nitrogens with zero attached hydrogens (tertiary/aromatic N) is 2. The monoisotopic (exact) mass is 245 g/mol. The molecule has 0 fully saturated rings. The fourth-order valence-electron chi connectivity index (χ4n) is 1.26. The van der Waals surface area contributed by atoms with Crippen molar-refractivity contribution >= 4 is 17.3 Å². The molecule has 0 aliphatic heterocycles. The molecule has 0 aliphatic carbocycles. The first-order chi connectivity index (χ1) is 8.19. The molecule has 0 unspecified atom stereocenters. The lowest BCUT2D eigenvalue weighted by Gasteiger charge is -2.07. The molecular formula is C12H8ClN3O. The van der Waals surface area contributed by atoms with Gasteiger partial charge in [0.15, 0.2) is 0 Å². The van der Waals surface area contributed by atoms with Gasteiger partial charge in [-0.15, -0.1) is 0 Å². The van der Waals surface area contributed by atoms with Gasteiger partial charge in [0.2, 0.25) is 0 Å². The molecular weight excluding hydrogens is 238 g/mol. The van der Waals surface area contributed by atoms with Crippen molar-refractivity contribution in [3.05, 3.63) is 47.2 Å². The zero-order valence-electron chi connectivity index (χ0n) is 8.72. The Morgan fingerprint density at radius 3 is 2.88 bits per heavy atom. The van der Waals surface area contributed by atoms with Crippen LogP contribution in [0.25, 0.3) is 0 Å². The molecule has 1 heterocycles. The van der Waals surface area contributed by atoms with Crippen LogP contribution in [0.3, 0.4) is 0 Å². The van der Waals surface area contributed by atoms with Crippen LogP contribution in [0, 0.1) is 11.3 Å². The standard InChI is InChI=1S/C12H8ClN3O/c13-11-2-1-8(15)5-12(11)17-10-3-4-16-9(6-10)7-14/h1-6H,15H2. The van der Waals surface area contributed by atoms with E-state index in [2.05, 4.69) is 4.98 Å². The van der Waals surface area contributed by atoms with Gasteiger partial charge >= 0.3 is 0 Å². The molecule has 84 valence electrons. The van der Waals surface area contributed by atoms with Crippen LogP contribution in [0.1, 0.15) is 5.69 Å². The zero-order valence-corrected chi connectivity index (χ0v) is 9.48. The number of aromatic nitrogens is 1. The van der Waals surface area contributed by atoms with Gasteiger partial charge < -0.3 is 10.5 Å². The van der Waals surface area contributed by atoms with E-state index in [0.717, 1.165) is 0 Å². The molecule has 5 heteroatoms. The lowest BCUT2D eigenvalue weighted by Crippen LogP contribution is -1.90. The molecule has 0 spiro atoms. The van der Waals surface area contributed by atoms with E-state index in [1.54, 1.807) is 24.3 Å². The summed E-state index contributed by atoms with van der Waals surface area (Å²) in [7, 11) is 0. The summed E-state index contributed by atoms with van der Waals surface area (Å²) in [4.78, 5) is 3.84. The van der Waals surface area contributed by atoms with Gasteiger partial charge in [-0.2, -0.15) is 5.26 Å². The number of rotatable bonds is 2. The van der Waals surface area contributed by atoms with Crippen LogP contribution in [-0.2, 0) is 0 Å². The van der Waals surface area contributed by atoms with Crippen LogP contribution in [0.5, 0.6) is 11.5 Å². The summed E-state index contributed by atoms with van der Waals surface area (Å²) >= 11 is 5.96. The normalized spacial score (nSPS) is 9.65. The molecule has 2 aromatic rings. The Kier molecular flexibility index (Phi) is 3.12. The van der Waals surface area contributed by atoms with Gasteiger partial charge in [0.25, 0.3) is 0 Å². The summed E-state index contributed by atoms with van der Waals surface area (Å²) in [5, 5.41) is 9.17. The summed E-state index contributed by atoms with van der Waals surface area (Å²) in [6, 6.07) is 10.1. The Hall–Kier alpha value is -2.25. The summed E-state index contributed by atoms with van der Waals surface area (Å²) in [5.41, 5.74) is 6.47. The average molecular weight is 246 g/mol. The first-order valence-electron chi connectivity index (χ1n) is 4.78. The highest BCUT2D eigenvalue weighted by Gasteiger charge is 2.04. The van der Waals surface area contributed by atoms with Crippen LogP contribution in [0.15, 0.2) is 36.5 Å². The van der Waals surface area contributed by atoms with Crippen LogP contribution >= 0.6 is 11.6 Å². The number of anilines is 1. The molecule has 4 nitrogen and oxygen atoms in total. The molecule has 0 bridgehead atoms. The predicted molar refractivity (Wildman–Crippen MR) is 64.9 cm³/mol. The van der Waals surface area contributed by atoms with Crippen molar-refractivity contribution in [1.29, 1.82) is 5.26 Å². The fourth-order valence-corrected chi connectivity index (χ4v) is 1.42. The number of hydrogen-bond acceptors (Lipinski definition) is 4. The maximum absolute atomic E-state index is 8.71. The first-order valence-corrected chi connectivity index (χ1v) is 5.16. The van der Waals surface area contributed by atoms with E-state index < -0.39 is 0 Å². The number of hydrogen-bond donors (Lipinski definition) is 1. The van der Waals surface area contributed by atoms with E-state index >= 15 is 0 Å². The van der Waals surface area contributed by atoms with E-state index in [4.69, 9.17) is 27.3 Å². The molecule has 0 saturated heterocycles. The highest BCUT2D eigenvalue weighted by atomic mass is 35.5. The number of nitrogens with two attached hydrogens (primary N) is 1. The van der Waals surface area contributed by atoms with Crippen LogP contribution in [-0.4, -0.2) is 4.98 Å². The number of pyridine rings is 1. The van der Waals surface area contributed by atoms with Crippen LogP contribution in [0.2, 0.25) is 5.02 Å². The zero-order chi connectivity index (χ0) is 12.3. The van der Waals surface area contributed by atoms with Gasteiger partial charge in [-0.1, -0.05) is 11.6 Å². The van der Waals surface area contributed by atoms with Gasteiger partial charge in [-0.05, 0) is 18.2 Å². The highest BCUT2D eigenvalue weighted by Crippen LogP contribution is 2.30. The Morgan fingerprint density at radius 1 is 1.29 bits per heavy atom. The highest BCUT2D eigenvalue weighted by molar-refractivity contribution is 6.32. The van der Waals surface area contributed by atoms with Crippen molar-refractivity contribution < 1.29 is 4.74 Å². The molecule has 0 atom stereocenters. The summed E-state index contributed by atoms with van der Waals surface area (Å²) in [6.07, 6.45) is 1.49. The second-order valence-corrected chi connectivity index (χ2v) is 3.69. The number of benzene rings is 1. The minimum Gasteiger partial charge on any atom is -0.456 e. The van der Waals surface area contributed by atoms with Gasteiger partial charge in [-0.3, -0.25) is 0 Å². The maximum Gasteiger partial charge on any atom is 0.148 e. The molecule has 2 N–H and O–H groups in total. The number of ether oxygens (including phenoxy) is 1. The second-order valence-electron chi connectivity index (χ2n) is 3.28. The minimum atomic E-state index is 0.280. The number of nitriles is 1. The van der Waals surface area contributed by atoms with Crippen molar-refractivity contribution in [1.82, 2.24) is 4.98 Å². The SMILES string of the molecule is N#Cc1cc(Oc2cc(N)ccc2Cl)ccn1. The van der Waals surface area contributed by atoms with Crippen LogP contribution < -0.4 is 10.5 Å². The molecule has 2 rings (SSSR count). The van der Waals surface area contributed by atoms with Crippen molar-refractivity contribution in [2.75, 3.05) is 5.73 Å². The Labute approximate surface area is 103 Å². The Balaban J connectivity index is 2.31. The van der Waals surface area contributed by atoms with E-state index in [0.29, 0.717) is 22.2 Å². The lowest BCUT2D eigenvalue weighted by atomic mass is 10.3. The maximum atomic E-state index is 8.71. The van der Waals surface area contributed by atoms with Crippen LogP contribution in [0.4, 0.5) is 5.69 Å². The van der Waals surface area contributed by atoms with Gasteiger partial charge in [0, 0.05) is 24.0 Å². The molecule has 0 saturated carbocycles. The van der Waals surface area contributed by atoms with E-state index in [9.17, 15) is 0 Å². The summed E-state index contributed by atoms with van der Waals surface area (Å²) in [6.45, 7) is 0. The third-order valence-electron chi connectivity index (χ3n) is 2.03. The van der Waals surface area contributed by atoms with E-state index in [1.807, 2.05) is 6.07 Å². The molecule has 1 aromatic heterocycles. The smallest absolute Gasteiger partial charge is 0.148 e. The Morgan fingerprint density at radius 2 is 2.12 bits per heavy atom. The minimum absolute atomic E-state index is 0.280. The van der Waals surface area contributed by atoms with Gasteiger partial charge in [0.1, 0.15) is 23.3 Å². The molecule has 0 aliphatic rings. The number of nitrogen functional groups attached to an aromatic ring is 1. The van der Waals surface area contributed by atoms with Crippen molar-refractivity contribution in [3.8, 4) is 17.6 Å². The van der Waals surface area contributed by atoms with Crippen molar-refractivity contribution in [2.24, 2.45) is 0 Å². The molecule has 17 heavy (non-hydrogen) atoms. The van der Waals surface area contributed by atoms with Gasteiger partial charge in [-0.25, -0.2) is 4.98 Å². The first kappa shape index (κ1) is 11.2. The molecule has 1 aromatic carbocycles. The molecule has 0 amide bonds. The van der Waals surface area contributed by atoms with Gasteiger partial charge in [0.05, 0.1) is 5.02 Å². The average Bonchev–Trinajstić information content (AvgIpc) is 2.34. The number of halogens is 1. The lowest BCUT2D eigenvalue weighted by molar-refractivity contribution is 0.482. The molecule has 0 radical (unpaired) electrons. The van der Waals surface area contributed by atoms with Crippen molar-refractivity contribution in [3.63, 3.8) is 0 Å². The third kappa shape index (κ3) is 2.65. The predicted octanol–water partition coefficient (Wildman–Crippen LogP) is 2.98. The van der Waals surface area contributed by atoms with Crippen molar-refractivity contribution in [2.45, 2.75) is 0 Å². The second kappa shape index (κ2) is 4.73. The van der Waals surface area contributed by atoms with E-state index in [-0.39, 0.29) is 5.69 Å². The summed E-state index contributed by atoms with van der Waals surface area (Å²) < 4.78 is 5.53. The third-order valence-corrected chi connectivity index (χ3v) is 2.34.